The highest BCUT2D eigenvalue weighted by atomic mass is 32.2. The molecule has 0 saturated carbocycles. The molecular formula is C10H16N6O3S. The Hall–Kier alpha value is -1.68. The minimum atomic E-state index is -0.327. The molecule has 0 radical (unpaired) electrons. The smallest absolute Gasteiger partial charge is 0.248 e. The summed E-state index contributed by atoms with van der Waals surface area (Å²) in [6.45, 7) is 2.67. The Morgan fingerprint density at radius 3 is 3.05 bits per heavy atom. The normalized spacial score (nSPS) is 17.9. The summed E-state index contributed by atoms with van der Waals surface area (Å²) >= 11 is 1.20. The quantitative estimate of drug-likeness (QED) is 0.536. The van der Waals surface area contributed by atoms with E-state index in [9.17, 15) is 9.59 Å². The average Bonchev–Trinajstić information content (AvgIpc) is 3.06. The third-order valence-electron chi connectivity index (χ3n) is 2.61. The zero-order valence-corrected chi connectivity index (χ0v) is 11.9. The lowest BCUT2D eigenvalue weighted by atomic mass is 10.2. The van der Waals surface area contributed by atoms with Crippen LogP contribution in [0.4, 0.5) is 0 Å². The highest BCUT2D eigenvalue weighted by Gasteiger charge is 2.19. The summed E-state index contributed by atoms with van der Waals surface area (Å²) in [6.07, 6.45) is 2.17. The lowest BCUT2D eigenvalue weighted by Crippen LogP contribution is -2.41. The number of ether oxygens (including phenoxy) is 1. The number of tetrazole rings is 1. The molecule has 0 bridgehead atoms. The van der Waals surface area contributed by atoms with Crippen molar-refractivity contribution in [2.75, 3.05) is 12.4 Å². The van der Waals surface area contributed by atoms with Crippen LogP contribution >= 0.6 is 11.8 Å². The van der Waals surface area contributed by atoms with E-state index in [-0.39, 0.29) is 23.7 Å². The highest BCUT2D eigenvalue weighted by molar-refractivity contribution is 7.99. The van der Waals surface area contributed by atoms with Crippen molar-refractivity contribution in [3.63, 3.8) is 0 Å². The number of nitrogens with one attached hydrogen (secondary N) is 2. The molecule has 1 saturated heterocycles. The lowest BCUT2D eigenvalue weighted by Gasteiger charge is -2.10. The summed E-state index contributed by atoms with van der Waals surface area (Å²) in [5.74, 6) is -0.532. The molecule has 0 aromatic carbocycles. The van der Waals surface area contributed by atoms with Crippen molar-refractivity contribution in [2.45, 2.75) is 37.6 Å². The number of thioether (sulfide) groups is 1. The van der Waals surface area contributed by atoms with E-state index in [4.69, 9.17) is 4.74 Å². The van der Waals surface area contributed by atoms with Crippen molar-refractivity contribution in [3.8, 4) is 0 Å². The molecule has 110 valence electrons. The molecule has 1 aliphatic rings. The molecule has 1 aromatic heterocycles. The van der Waals surface area contributed by atoms with Crippen LogP contribution < -0.4 is 10.9 Å². The van der Waals surface area contributed by atoms with E-state index in [1.807, 2.05) is 0 Å². The Kier molecular flexibility index (Phi) is 5.30. The molecule has 0 unspecified atom stereocenters. The van der Waals surface area contributed by atoms with Crippen LogP contribution in [0, 0.1) is 0 Å². The first-order chi connectivity index (χ1) is 9.65. The monoisotopic (exact) mass is 300 g/mol. The number of carbonyl (C=O) groups excluding carboxylic acids is 2. The number of hydrazine groups is 1. The van der Waals surface area contributed by atoms with E-state index >= 15 is 0 Å². The Bertz CT molecular complexity index is 473. The van der Waals surface area contributed by atoms with Gasteiger partial charge < -0.3 is 4.74 Å². The SMILES string of the molecule is CC(=O)NNC(=O)CSc1nnnn1C[C@@H]1CCCO1. The van der Waals surface area contributed by atoms with Crippen LogP contribution in [0.15, 0.2) is 5.16 Å². The Morgan fingerprint density at radius 2 is 2.35 bits per heavy atom. The average molecular weight is 300 g/mol. The summed E-state index contributed by atoms with van der Waals surface area (Å²) in [6, 6.07) is 0. The molecule has 10 heteroatoms. The lowest BCUT2D eigenvalue weighted by molar-refractivity contribution is -0.126. The predicted molar refractivity (Wildman–Crippen MR) is 69.5 cm³/mol. The van der Waals surface area contributed by atoms with Crippen LogP contribution in [0.3, 0.4) is 0 Å². The summed E-state index contributed by atoms with van der Waals surface area (Å²) in [5, 5.41) is 11.9. The first kappa shape index (κ1) is 14.7. The van der Waals surface area contributed by atoms with Crippen LogP contribution in [0.1, 0.15) is 19.8 Å². The third-order valence-corrected chi connectivity index (χ3v) is 3.57. The van der Waals surface area contributed by atoms with Crippen LogP contribution in [0.5, 0.6) is 0 Å². The van der Waals surface area contributed by atoms with Gasteiger partial charge in [-0.05, 0) is 23.3 Å². The van der Waals surface area contributed by atoms with Gasteiger partial charge in [0.05, 0.1) is 18.4 Å². The van der Waals surface area contributed by atoms with Gasteiger partial charge in [-0.2, -0.15) is 0 Å². The number of rotatable bonds is 5. The van der Waals surface area contributed by atoms with Crippen molar-refractivity contribution in [2.24, 2.45) is 0 Å². The second kappa shape index (κ2) is 7.20. The minimum Gasteiger partial charge on any atom is -0.376 e. The number of hydrogen-bond donors (Lipinski definition) is 2. The van der Waals surface area contributed by atoms with Gasteiger partial charge in [0.25, 0.3) is 0 Å². The van der Waals surface area contributed by atoms with E-state index in [2.05, 4.69) is 26.4 Å². The number of aromatic nitrogens is 4. The van der Waals surface area contributed by atoms with Crippen LogP contribution in [-0.2, 0) is 20.9 Å². The Labute approximate surface area is 119 Å². The van der Waals surface area contributed by atoms with E-state index in [1.54, 1.807) is 4.68 Å². The van der Waals surface area contributed by atoms with Crippen molar-refractivity contribution in [1.82, 2.24) is 31.1 Å². The Morgan fingerprint density at radius 1 is 1.50 bits per heavy atom. The second-order valence-corrected chi connectivity index (χ2v) is 5.24. The molecule has 1 fully saturated rings. The molecule has 1 aliphatic heterocycles. The van der Waals surface area contributed by atoms with Crippen molar-refractivity contribution < 1.29 is 14.3 Å². The maximum atomic E-state index is 11.4. The Balaban J connectivity index is 1.79. The molecule has 2 amide bonds. The predicted octanol–water partition coefficient (Wildman–Crippen LogP) is -0.888. The molecule has 1 atom stereocenters. The maximum Gasteiger partial charge on any atom is 0.248 e. The van der Waals surface area contributed by atoms with Crippen LogP contribution in [0.2, 0.25) is 0 Å². The first-order valence-electron chi connectivity index (χ1n) is 6.21. The zero-order chi connectivity index (χ0) is 14.4. The van der Waals surface area contributed by atoms with Gasteiger partial charge in [-0.25, -0.2) is 4.68 Å². The van der Waals surface area contributed by atoms with Gasteiger partial charge in [-0.1, -0.05) is 11.8 Å². The summed E-state index contributed by atoms with van der Waals surface area (Å²) in [5.41, 5.74) is 4.49. The molecule has 9 nitrogen and oxygen atoms in total. The van der Waals surface area contributed by atoms with E-state index in [0.717, 1.165) is 19.4 Å². The van der Waals surface area contributed by atoms with Gasteiger partial charge in [0.2, 0.25) is 17.0 Å². The molecular weight excluding hydrogens is 284 g/mol. The zero-order valence-electron chi connectivity index (χ0n) is 11.0. The van der Waals surface area contributed by atoms with E-state index in [1.165, 1.54) is 18.7 Å². The maximum absolute atomic E-state index is 11.4. The topological polar surface area (TPSA) is 111 Å². The fourth-order valence-electron chi connectivity index (χ4n) is 1.72. The van der Waals surface area contributed by atoms with Gasteiger partial charge in [0.1, 0.15) is 0 Å². The van der Waals surface area contributed by atoms with Crippen LogP contribution in [0.25, 0.3) is 0 Å². The molecule has 20 heavy (non-hydrogen) atoms. The minimum absolute atomic E-state index is 0.117. The van der Waals surface area contributed by atoms with Crippen molar-refractivity contribution in [1.29, 1.82) is 0 Å². The van der Waals surface area contributed by atoms with E-state index in [0.29, 0.717) is 11.7 Å². The molecule has 2 N–H and O–H groups in total. The highest BCUT2D eigenvalue weighted by Crippen LogP contribution is 2.17. The molecule has 2 heterocycles. The summed E-state index contributed by atoms with van der Waals surface area (Å²) in [4.78, 5) is 22.1. The summed E-state index contributed by atoms with van der Waals surface area (Å²) < 4.78 is 7.15. The van der Waals surface area contributed by atoms with Gasteiger partial charge in [-0.3, -0.25) is 20.4 Å². The molecule has 0 spiro atoms. The van der Waals surface area contributed by atoms with Crippen molar-refractivity contribution in [3.05, 3.63) is 0 Å². The molecule has 0 aliphatic carbocycles. The number of hydrogen-bond acceptors (Lipinski definition) is 7. The fraction of sp³-hybridized carbons (Fsp3) is 0.700. The van der Waals surface area contributed by atoms with Gasteiger partial charge in [-0.15, -0.1) is 5.10 Å². The first-order valence-corrected chi connectivity index (χ1v) is 7.19. The van der Waals surface area contributed by atoms with E-state index < -0.39 is 0 Å². The molecule has 2 rings (SSSR count). The largest absolute Gasteiger partial charge is 0.376 e. The fourth-order valence-corrected chi connectivity index (χ4v) is 2.41. The summed E-state index contributed by atoms with van der Waals surface area (Å²) in [7, 11) is 0. The number of amides is 2. The standard InChI is InChI=1S/C10H16N6O3S/c1-7(17)11-12-9(18)6-20-10-13-14-15-16(10)5-8-3-2-4-19-8/h8H,2-6H2,1H3,(H,11,17)(H,12,18)/t8-/m0/s1. The number of carbonyl (C=O) groups is 2. The van der Waals surface area contributed by atoms with Gasteiger partial charge in [0, 0.05) is 13.5 Å². The van der Waals surface area contributed by atoms with Crippen LogP contribution in [-0.4, -0.2) is 50.5 Å². The number of nitrogens with zero attached hydrogens (tertiary/aromatic N) is 4. The van der Waals surface area contributed by atoms with Gasteiger partial charge in [0.15, 0.2) is 0 Å². The second-order valence-electron chi connectivity index (χ2n) is 4.30. The van der Waals surface area contributed by atoms with Gasteiger partial charge >= 0.3 is 0 Å². The molecule has 1 aromatic rings. The third kappa shape index (κ3) is 4.46. The van der Waals surface area contributed by atoms with Crippen molar-refractivity contribution >= 4 is 23.6 Å².